The maximum absolute atomic E-state index is 11.4. The summed E-state index contributed by atoms with van der Waals surface area (Å²) in [5.41, 5.74) is -0.379. The number of aliphatic hydroxyl groups is 1. The van der Waals surface area contributed by atoms with Crippen LogP contribution in [0.15, 0.2) is 12.7 Å². The van der Waals surface area contributed by atoms with E-state index in [0.717, 1.165) is 12.8 Å². The summed E-state index contributed by atoms with van der Waals surface area (Å²) >= 11 is 0. The topological polar surface area (TPSA) is 81.8 Å². The number of unbranched alkanes of at least 4 members (excludes halogenated alkanes) is 1. The van der Waals surface area contributed by atoms with E-state index >= 15 is 0 Å². The van der Waals surface area contributed by atoms with Crippen molar-refractivity contribution in [2.45, 2.75) is 38.4 Å². The Morgan fingerprint density at radius 1 is 1.76 bits per heavy atom. The molecule has 1 aliphatic heterocycles. The average Bonchev–Trinajstić information content (AvgIpc) is 2.55. The largest absolute Gasteiger partial charge is 0.458 e. The number of esters is 1. The summed E-state index contributed by atoms with van der Waals surface area (Å²) in [5, 5.41) is 21.1. The van der Waals surface area contributed by atoms with Crippen LogP contribution in [0.25, 0.3) is 0 Å². The van der Waals surface area contributed by atoms with Crippen molar-refractivity contribution in [3.8, 4) is 0 Å². The summed E-state index contributed by atoms with van der Waals surface area (Å²) in [6.07, 6.45) is 1.81. The van der Waals surface area contributed by atoms with Crippen molar-refractivity contribution < 1.29 is 24.4 Å². The Balaban J connectivity index is 2.58. The molecular weight excluding hydrogens is 226 g/mol. The normalized spacial score (nSPS) is 23.4. The number of aliphatic hydroxyl groups excluding tert-OH is 1. The number of hydrogen-bond donors (Lipinski definition) is 1. The molecule has 6 heteroatoms. The lowest BCUT2D eigenvalue weighted by molar-refractivity contribution is -0.740. The van der Waals surface area contributed by atoms with Gasteiger partial charge in [-0.25, -0.2) is 4.79 Å². The van der Waals surface area contributed by atoms with Crippen molar-refractivity contribution in [1.29, 1.82) is 0 Å². The fourth-order valence-corrected chi connectivity index (χ4v) is 1.60. The van der Waals surface area contributed by atoms with E-state index < -0.39 is 18.2 Å². The predicted octanol–water partition coefficient (Wildman–Crippen LogP) is 0.532. The highest BCUT2D eigenvalue weighted by molar-refractivity contribution is 6.36. The molecule has 2 atom stereocenters. The van der Waals surface area contributed by atoms with E-state index in [4.69, 9.17) is 4.84 Å². The molecule has 0 aliphatic carbocycles. The van der Waals surface area contributed by atoms with E-state index in [1.54, 1.807) is 13.0 Å². The highest BCUT2D eigenvalue weighted by Gasteiger charge is 2.44. The minimum Gasteiger partial charge on any atom is -0.458 e. The van der Waals surface area contributed by atoms with Crippen LogP contribution in [0.1, 0.15) is 26.2 Å². The molecule has 0 aromatic heterocycles. The van der Waals surface area contributed by atoms with Gasteiger partial charge in [-0.3, -0.25) is 5.21 Å². The lowest BCUT2D eigenvalue weighted by atomic mass is 10.0. The molecule has 1 heterocycles. The van der Waals surface area contributed by atoms with E-state index in [0.29, 0.717) is 6.42 Å². The van der Waals surface area contributed by atoms with E-state index in [9.17, 15) is 15.1 Å². The fourth-order valence-electron chi connectivity index (χ4n) is 1.60. The van der Waals surface area contributed by atoms with Gasteiger partial charge in [0.1, 0.15) is 6.10 Å². The first-order chi connectivity index (χ1) is 8.11. The number of allylic oxidation sites excluding steroid dienone is 1. The summed E-state index contributed by atoms with van der Waals surface area (Å²) in [5.74, 6) is -0.832. The monoisotopic (exact) mass is 243 g/mol. The number of hydrogen-bond acceptors (Lipinski definition) is 5. The first-order valence-corrected chi connectivity index (χ1v) is 5.58. The van der Waals surface area contributed by atoms with Gasteiger partial charge in [0.25, 0.3) is 0 Å². The number of rotatable bonds is 6. The summed E-state index contributed by atoms with van der Waals surface area (Å²) in [6.45, 7) is 5.34. The van der Waals surface area contributed by atoms with Gasteiger partial charge in [-0.2, -0.15) is 0 Å². The minimum atomic E-state index is -1.23. The Kier molecular flexibility index (Phi) is 4.96. The second kappa shape index (κ2) is 6.24. The molecule has 0 spiro atoms. The lowest BCUT2D eigenvalue weighted by Gasteiger charge is -2.13. The van der Waals surface area contributed by atoms with Crippen LogP contribution >= 0.6 is 0 Å². The van der Waals surface area contributed by atoms with Crippen LogP contribution in [0.4, 0.5) is 0 Å². The number of carbonyl (C=O) groups is 1. The number of ether oxygens (including phenoxy) is 1. The zero-order chi connectivity index (χ0) is 12.8. The lowest BCUT2D eigenvalue weighted by Crippen LogP contribution is -2.35. The number of carbonyl (C=O) groups excluding carboxylic acids is 1. The Bertz CT molecular complexity index is 326. The van der Waals surface area contributed by atoms with Crippen molar-refractivity contribution in [1.82, 2.24) is 0 Å². The summed E-state index contributed by atoms with van der Waals surface area (Å²) in [4.78, 5) is 16.3. The van der Waals surface area contributed by atoms with E-state index in [1.807, 2.05) is 0 Å². The van der Waals surface area contributed by atoms with E-state index in [-0.39, 0.29) is 17.2 Å². The molecule has 17 heavy (non-hydrogen) atoms. The molecule has 96 valence electrons. The molecule has 6 nitrogen and oxygen atoms in total. The van der Waals surface area contributed by atoms with Crippen LogP contribution in [0.2, 0.25) is 0 Å². The molecule has 0 bridgehead atoms. The Morgan fingerprint density at radius 2 is 2.47 bits per heavy atom. The third kappa shape index (κ3) is 3.20. The van der Waals surface area contributed by atoms with Crippen molar-refractivity contribution in [2.75, 3.05) is 6.61 Å². The van der Waals surface area contributed by atoms with Crippen LogP contribution in [0.3, 0.4) is 0 Å². The summed E-state index contributed by atoms with van der Waals surface area (Å²) in [6, 6.07) is 0. The van der Waals surface area contributed by atoms with Crippen LogP contribution in [-0.2, 0) is 14.4 Å². The molecule has 0 unspecified atom stereocenters. The van der Waals surface area contributed by atoms with Crippen molar-refractivity contribution in [3.05, 3.63) is 17.9 Å². The third-order valence-corrected chi connectivity index (χ3v) is 2.44. The third-order valence-electron chi connectivity index (χ3n) is 2.44. The molecule has 0 aromatic rings. The zero-order valence-corrected chi connectivity index (χ0v) is 9.80. The van der Waals surface area contributed by atoms with Gasteiger partial charge in [-0.05, 0) is 26.2 Å². The van der Waals surface area contributed by atoms with Gasteiger partial charge in [-0.1, -0.05) is 6.08 Å². The van der Waals surface area contributed by atoms with Gasteiger partial charge >= 0.3 is 11.7 Å². The van der Waals surface area contributed by atoms with Gasteiger partial charge in [0.05, 0.1) is 11.5 Å². The average molecular weight is 243 g/mol. The first-order valence-electron chi connectivity index (χ1n) is 5.58. The van der Waals surface area contributed by atoms with Gasteiger partial charge in [0, 0.05) is 0 Å². The molecule has 1 rings (SSSR count). The van der Waals surface area contributed by atoms with Crippen LogP contribution in [-0.4, -0.2) is 40.5 Å². The number of nitrogens with zero attached hydrogens (tertiary/aromatic N) is 1. The molecule has 0 saturated heterocycles. The molecule has 1 N–H and O–H groups in total. The molecular formula is C11H17NO5. The standard InChI is InChI=1S/C11H17NO5/c1-3-5-6-7-8-10(13)9(12(15)17-8)11(14)16-4-2/h3,8,10,13H,1,4-7H2,2H3/t8-,10+/m0/s1. The Morgan fingerprint density at radius 3 is 3.06 bits per heavy atom. The first kappa shape index (κ1) is 13.5. The Hall–Kier alpha value is -1.56. The van der Waals surface area contributed by atoms with Crippen LogP contribution < -0.4 is 0 Å². The summed E-state index contributed by atoms with van der Waals surface area (Å²) < 4.78 is 4.67. The molecule has 0 radical (unpaired) electrons. The molecule has 0 amide bonds. The van der Waals surface area contributed by atoms with Gasteiger partial charge in [-0.15, -0.1) is 6.58 Å². The smallest absolute Gasteiger partial charge is 0.408 e. The fraction of sp³-hybridized carbons (Fsp3) is 0.636. The van der Waals surface area contributed by atoms with Crippen molar-refractivity contribution in [3.63, 3.8) is 0 Å². The SMILES string of the molecule is C=CCCC[C@@H]1O[N+]([O-])=C(C(=O)OCC)[C@@H]1O. The van der Waals surface area contributed by atoms with E-state index in [1.165, 1.54) is 0 Å². The van der Waals surface area contributed by atoms with Gasteiger partial charge in [0.2, 0.25) is 0 Å². The van der Waals surface area contributed by atoms with Crippen molar-refractivity contribution >= 4 is 11.7 Å². The minimum absolute atomic E-state index is 0.0568. The molecule has 0 saturated carbocycles. The van der Waals surface area contributed by atoms with E-state index in [2.05, 4.69) is 11.3 Å². The van der Waals surface area contributed by atoms with Crippen LogP contribution in [0.5, 0.6) is 0 Å². The van der Waals surface area contributed by atoms with Gasteiger partial charge in [0.15, 0.2) is 6.10 Å². The van der Waals surface area contributed by atoms with Crippen molar-refractivity contribution in [2.24, 2.45) is 0 Å². The maximum Gasteiger partial charge on any atom is 0.408 e. The predicted molar refractivity (Wildman–Crippen MR) is 60.2 cm³/mol. The molecule has 0 aromatic carbocycles. The van der Waals surface area contributed by atoms with Crippen LogP contribution in [0, 0.1) is 5.21 Å². The second-order valence-corrected chi connectivity index (χ2v) is 3.67. The van der Waals surface area contributed by atoms with Gasteiger partial charge < -0.3 is 14.7 Å². The highest BCUT2D eigenvalue weighted by Crippen LogP contribution is 2.17. The molecule has 0 fully saturated rings. The molecule has 1 aliphatic rings. The Labute approximate surface area is 99.7 Å². The quantitative estimate of drug-likeness (QED) is 0.318. The highest BCUT2D eigenvalue weighted by atomic mass is 16.9. The second-order valence-electron chi connectivity index (χ2n) is 3.67. The maximum atomic E-state index is 11.4. The summed E-state index contributed by atoms with van der Waals surface area (Å²) in [7, 11) is 0. The zero-order valence-electron chi connectivity index (χ0n) is 9.80.